The smallest absolute Gasteiger partial charge is 0.243 e. The zero-order chi connectivity index (χ0) is 12.3. The van der Waals surface area contributed by atoms with E-state index in [-0.39, 0.29) is 17.4 Å². The Morgan fingerprint density at radius 3 is 2.65 bits per heavy atom. The van der Waals surface area contributed by atoms with Crippen LogP contribution >= 0.6 is 0 Å². The van der Waals surface area contributed by atoms with Crippen LogP contribution in [0.5, 0.6) is 5.88 Å². The number of ketones is 1. The number of aryl methyl sites for hydroxylation is 1. The molecule has 17 heavy (non-hydrogen) atoms. The third-order valence-electron chi connectivity index (χ3n) is 2.32. The Balaban J connectivity index is 2.48. The fourth-order valence-corrected chi connectivity index (χ4v) is 1.48. The molecule has 0 fully saturated rings. The molecule has 2 rings (SSSR count). The van der Waals surface area contributed by atoms with E-state index in [1.807, 2.05) is 0 Å². The summed E-state index contributed by atoms with van der Waals surface area (Å²) >= 11 is 0. The van der Waals surface area contributed by atoms with E-state index in [0.717, 1.165) is 0 Å². The Morgan fingerprint density at radius 2 is 1.94 bits per heavy atom. The van der Waals surface area contributed by atoms with E-state index in [1.54, 1.807) is 25.3 Å². The van der Waals surface area contributed by atoms with Gasteiger partial charge in [0.2, 0.25) is 11.7 Å². The second kappa shape index (κ2) is 4.69. The third-order valence-corrected chi connectivity index (χ3v) is 2.32. The first-order chi connectivity index (χ1) is 8.24. The molecule has 0 unspecified atom stereocenters. The van der Waals surface area contributed by atoms with Crippen LogP contribution in [0.3, 0.4) is 0 Å². The zero-order valence-corrected chi connectivity index (χ0v) is 9.54. The number of rotatable bonds is 3. The molecule has 5 heteroatoms. The molecule has 0 aromatic carbocycles. The second-order valence-corrected chi connectivity index (χ2v) is 3.38. The molecule has 0 spiro atoms. The quantitative estimate of drug-likeness (QED) is 0.745. The van der Waals surface area contributed by atoms with Gasteiger partial charge in [-0.15, -0.1) is 0 Å². The molecule has 2 heterocycles. The molecule has 0 aliphatic rings. The molecule has 0 bridgehead atoms. The molecular weight excluding hydrogens is 218 g/mol. The number of carbonyl (C=O) groups is 1. The van der Waals surface area contributed by atoms with Crippen LogP contribution in [0.1, 0.15) is 21.7 Å². The average molecular weight is 229 g/mol. The number of hydrogen-bond donors (Lipinski definition) is 0. The fraction of sp³-hybridized carbons (Fsp3) is 0.167. The van der Waals surface area contributed by atoms with E-state index < -0.39 is 0 Å². The van der Waals surface area contributed by atoms with E-state index in [0.29, 0.717) is 11.3 Å². The van der Waals surface area contributed by atoms with Crippen LogP contribution < -0.4 is 4.74 Å². The summed E-state index contributed by atoms with van der Waals surface area (Å²) in [7, 11) is 1.46. The van der Waals surface area contributed by atoms with Gasteiger partial charge in [0, 0.05) is 29.8 Å². The van der Waals surface area contributed by atoms with Crippen LogP contribution in [0.4, 0.5) is 0 Å². The number of methoxy groups -OCH3 is 1. The van der Waals surface area contributed by atoms with E-state index in [1.165, 1.54) is 19.5 Å². The molecule has 86 valence electrons. The summed E-state index contributed by atoms with van der Waals surface area (Å²) in [5.41, 5.74) is 1.36. The average Bonchev–Trinajstić information content (AvgIpc) is 2.38. The van der Waals surface area contributed by atoms with E-state index in [9.17, 15) is 4.79 Å². The lowest BCUT2D eigenvalue weighted by Gasteiger charge is -2.06. The molecule has 2 aromatic rings. The zero-order valence-electron chi connectivity index (χ0n) is 9.54. The monoisotopic (exact) mass is 229 g/mol. The number of ether oxygens (including phenoxy) is 1. The summed E-state index contributed by atoms with van der Waals surface area (Å²) in [6, 6.07) is 3.42. The third kappa shape index (κ3) is 2.13. The van der Waals surface area contributed by atoms with Crippen molar-refractivity contribution in [1.29, 1.82) is 0 Å². The van der Waals surface area contributed by atoms with Crippen LogP contribution in [0, 0.1) is 6.92 Å². The summed E-state index contributed by atoms with van der Waals surface area (Å²) in [6.07, 6.45) is 4.58. The highest BCUT2D eigenvalue weighted by Gasteiger charge is 2.18. The van der Waals surface area contributed by atoms with Gasteiger partial charge in [0.05, 0.1) is 7.11 Å². The van der Waals surface area contributed by atoms with Gasteiger partial charge in [-0.05, 0) is 19.1 Å². The molecule has 0 aliphatic carbocycles. The first kappa shape index (κ1) is 11.2. The molecule has 0 radical (unpaired) electrons. The molecule has 2 aromatic heterocycles. The fourth-order valence-electron chi connectivity index (χ4n) is 1.48. The molecule has 0 saturated heterocycles. The van der Waals surface area contributed by atoms with Crippen molar-refractivity contribution in [3.8, 4) is 5.88 Å². The van der Waals surface area contributed by atoms with E-state index in [2.05, 4.69) is 15.0 Å². The van der Waals surface area contributed by atoms with Gasteiger partial charge in [0.15, 0.2) is 5.69 Å². The normalized spacial score (nSPS) is 10.0. The maximum absolute atomic E-state index is 12.2. The Hall–Kier alpha value is -2.30. The van der Waals surface area contributed by atoms with Gasteiger partial charge in [-0.25, -0.2) is 9.97 Å². The minimum Gasteiger partial charge on any atom is -0.479 e. The van der Waals surface area contributed by atoms with Crippen molar-refractivity contribution in [3.05, 3.63) is 47.7 Å². The van der Waals surface area contributed by atoms with Gasteiger partial charge in [0.1, 0.15) is 0 Å². The van der Waals surface area contributed by atoms with Gasteiger partial charge in [-0.3, -0.25) is 9.78 Å². The maximum atomic E-state index is 12.2. The number of carbonyl (C=O) groups excluding carboxylic acids is 1. The Kier molecular flexibility index (Phi) is 3.09. The Morgan fingerprint density at radius 1 is 1.18 bits per heavy atom. The minimum absolute atomic E-state index is 0.200. The number of aromatic nitrogens is 3. The highest BCUT2D eigenvalue weighted by Crippen LogP contribution is 2.17. The van der Waals surface area contributed by atoms with Crippen molar-refractivity contribution < 1.29 is 9.53 Å². The van der Waals surface area contributed by atoms with Crippen molar-refractivity contribution in [2.24, 2.45) is 0 Å². The van der Waals surface area contributed by atoms with Crippen molar-refractivity contribution in [2.75, 3.05) is 7.11 Å². The Bertz CT molecular complexity index is 555. The molecule has 0 amide bonds. The summed E-state index contributed by atoms with van der Waals surface area (Å²) in [5, 5.41) is 0. The van der Waals surface area contributed by atoms with Crippen LogP contribution in [-0.4, -0.2) is 27.8 Å². The predicted octanol–water partition coefficient (Wildman–Crippen LogP) is 1.42. The molecule has 0 N–H and O–H groups in total. The molecule has 0 saturated carbocycles. The lowest BCUT2D eigenvalue weighted by Crippen LogP contribution is -2.09. The van der Waals surface area contributed by atoms with Crippen molar-refractivity contribution >= 4 is 5.78 Å². The maximum Gasteiger partial charge on any atom is 0.243 e. The van der Waals surface area contributed by atoms with E-state index in [4.69, 9.17) is 4.74 Å². The largest absolute Gasteiger partial charge is 0.479 e. The van der Waals surface area contributed by atoms with Crippen molar-refractivity contribution in [2.45, 2.75) is 6.92 Å². The van der Waals surface area contributed by atoms with Crippen molar-refractivity contribution in [1.82, 2.24) is 15.0 Å². The molecular formula is C12H11N3O2. The lowest BCUT2D eigenvalue weighted by atomic mass is 10.1. The second-order valence-electron chi connectivity index (χ2n) is 3.38. The number of nitrogens with zero attached hydrogens (tertiary/aromatic N) is 3. The first-order valence-electron chi connectivity index (χ1n) is 5.05. The summed E-state index contributed by atoms with van der Waals surface area (Å²) in [4.78, 5) is 24.2. The first-order valence-corrected chi connectivity index (χ1v) is 5.05. The molecule has 5 nitrogen and oxygen atoms in total. The highest BCUT2D eigenvalue weighted by atomic mass is 16.5. The van der Waals surface area contributed by atoms with Gasteiger partial charge in [-0.1, -0.05) is 0 Å². The van der Waals surface area contributed by atoms with Crippen LogP contribution in [0.2, 0.25) is 0 Å². The van der Waals surface area contributed by atoms with E-state index >= 15 is 0 Å². The number of pyridine rings is 1. The SMILES string of the molecule is COc1nccnc1C(=O)c1cccnc1C. The van der Waals surface area contributed by atoms with Gasteiger partial charge in [0.25, 0.3) is 0 Å². The van der Waals surface area contributed by atoms with Gasteiger partial charge < -0.3 is 4.74 Å². The van der Waals surface area contributed by atoms with Gasteiger partial charge >= 0.3 is 0 Å². The summed E-state index contributed by atoms with van der Waals surface area (Å²) < 4.78 is 5.01. The van der Waals surface area contributed by atoms with Crippen molar-refractivity contribution in [3.63, 3.8) is 0 Å². The van der Waals surface area contributed by atoms with Crippen LogP contribution in [0.15, 0.2) is 30.7 Å². The minimum atomic E-state index is -0.236. The lowest BCUT2D eigenvalue weighted by molar-refractivity contribution is 0.102. The predicted molar refractivity (Wildman–Crippen MR) is 61.0 cm³/mol. The standard InChI is InChI=1S/C12H11N3O2/c1-8-9(4-3-5-13-8)11(16)10-12(17-2)15-7-6-14-10/h3-7H,1-2H3. The summed E-state index contributed by atoms with van der Waals surface area (Å²) in [5.74, 6) is -0.0127. The Labute approximate surface area is 98.5 Å². The highest BCUT2D eigenvalue weighted by molar-refractivity contribution is 6.09. The molecule has 0 aliphatic heterocycles. The molecule has 0 atom stereocenters. The topological polar surface area (TPSA) is 65.0 Å². The summed E-state index contributed by atoms with van der Waals surface area (Å²) in [6.45, 7) is 1.77. The van der Waals surface area contributed by atoms with Crippen LogP contribution in [0.25, 0.3) is 0 Å². The number of hydrogen-bond acceptors (Lipinski definition) is 5. The van der Waals surface area contributed by atoms with Gasteiger partial charge in [-0.2, -0.15) is 0 Å². The van der Waals surface area contributed by atoms with Crippen LogP contribution in [-0.2, 0) is 0 Å².